The van der Waals surface area contributed by atoms with Crippen molar-refractivity contribution in [1.82, 2.24) is 16.0 Å². The van der Waals surface area contributed by atoms with Gasteiger partial charge in [0.1, 0.15) is 6.29 Å². The van der Waals surface area contributed by atoms with Crippen molar-refractivity contribution in [2.45, 2.75) is 43.0 Å². The van der Waals surface area contributed by atoms with Crippen LogP contribution in [0.4, 0.5) is 4.79 Å². The van der Waals surface area contributed by atoms with Gasteiger partial charge in [0, 0.05) is 29.7 Å². The normalized spacial score (nSPS) is 28.4. The molecule has 0 radical (unpaired) electrons. The molecule has 2 aliphatic heterocycles. The average molecular weight is 283 g/mol. The summed E-state index contributed by atoms with van der Waals surface area (Å²) in [5, 5.41) is 9.63. The number of carbonyl (C=O) groups is 2. The maximum Gasteiger partial charge on any atom is 0.315 e. The summed E-state index contributed by atoms with van der Waals surface area (Å²) in [4.78, 5) is 21.5. The number of fused-ring (bicyclic) bond motifs is 1. The van der Waals surface area contributed by atoms with Gasteiger partial charge in [-0.25, -0.2) is 4.79 Å². The predicted molar refractivity (Wildman–Crippen MR) is 77.2 cm³/mol. The number of hydrogen-bond donors (Lipinski definition) is 3. The van der Waals surface area contributed by atoms with Crippen molar-refractivity contribution < 1.29 is 9.59 Å². The van der Waals surface area contributed by atoms with Crippen LogP contribution in [0.5, 0.6) is 0 Å². The van der Waals surface area contributed by atoms with Crippen molar-refractivity contribution >= 4 is 24.1 Å². The molecular formula is C13H21N3O2S. The molecule has 0 aliphatic carbocycles. The molecule has 0 bridgehead atoms. The van der Waals surface area contributed by atoms with Crippen LogP contribution in [0.1, 0.15) is 25.7 Å². The van der Waals surface area contributed by atoms with Gasteiger partial charge in [-0.3, -0.25) is 0 Å². The molecule has 0 aromatic rings. The number of carbonyl (C=O) groups excluding carboxylic acids is 2. The molecule has 3 N–H and O–H groups in total. The van der Waals surface area contributed by atoms with Crippen molar-refractivity contribution in [3.8, 4) is 0 Å². The largest absolute Gasteiger partial charge is 0.388 e. The van der Waals surface area contributed by atoms with Crippen molar-refractivity contribution in [3.63, 3.8) is 0 Å². The van der Waals surface area contributed by atoms with Gasteiger partial charge >= 0.3 is 6.03 Å². The Balaban J connectivity index is 1.58. The Morgan fingerprint density at radius 2 is 2.32 bits per heavy atom. The Morgan fingerprint density at radius 3 is 3.11 bits per heavy atom. The summed E-state index contributed by atoms with van der Waals surface area (Å²) >= 11 is 1.95. The summed E-state index contributed by atoms with van der Waals surface area (Å²) < 4.78 is 0. The lowest BCUT2D eigenvalue weighted by molar-refractivity contribution is -0.107. The zero-order valence-electron chi connectivity index (χ0n) is 11.0. The average Bonchev–Trinajstić information content (AvgIpc) is 2.89. The standard InChI is InChI=1S/C13H21N3O2S/c1-9(5-7-17)14-6-3-2-4-11-12-10(8-19-11)15-13(18)16-12/h7,10-12,14H,1-6,8H2,(H2,15,16,18). The lowest BCUT2D eigenvalue weighted by Gasteiger charge is -2.16. The van der Waals surface area contributed by atoms with E-state index in [1.54, 1.807) is 0 Å². The second-order valence-electron chi connectivity index (χ2n) is 5.02. The van der Waals surface area contributed by atoms with Crippen molar-refractivity contribution in [3.05, 3.63) is 12.3 Å². The zero-order valence-corrected chi connectivity index (χ0v) is 11.8. The summed E-state index contributed by atoms with van der Waals surface area (Å²) in [5.74, 6) is 1.02. The fourth-order valence-electron chi connectivity index (χ4n) is 2.55. The summed E-state index contributed by atoms with van der Waals surface area (Å²) in [6, 6.07) is 0.593. The van der Waals surface area contributed by atoms with Crippen LogP contribution in [0.3, 0.4) is 0 Å². The van der Waals surface area contributed by atoms with E-state index >= 15 is 0 Å². The maximum absolute atomic E-state index is 11.2. The van der Waals surface area contributed by atoms with Crippen LogP contribution >= 0.6 is 11.8 Å². The van der Waals surface area contributed by atoms with Crippen LogP contribution in [0.25, 0.3) is 0 Å². The van der Waals surface area contributed by atoms with Crippen molar-refractivity contribution in [1.29, 1.82) is 0 Å². The van der Waals surface area contributed by atoms with Gasteiger partial charge in [0.15, 0.2) is 0 Å². The number of nitrogens with one attached hydrogen (secondary N) is 3. The van der Waals surface area contributed by atoms with E-state index in [9.17, 15) is 9.59 Å². The molecule has 2 aliphatic rings. The minimum atomic E-state index is -0.0212. The molecule has 0 saturated carbocycles. The topological polar surface area (TPSA) is 70.2 Å². The highest BCUT2D eigenvalue weighted by molar-refractivity contribution is 8.00. The number of amides is 2. The highest BCUT2D eigenvalue weighted by Crippen LogP contribution is 2.32. The molecule has 19 heavy (non-hydrogen) atoms. The third-order valence-corrected chi connectivity index (χ3v) is 5.07. The van der Waals surface area contributed by atoms with E-state index < -0.39 is 0 Å². The predicted octanol–water partition coefficient (Wildman–Crippen LogP) is 1.01. The Labute approximate surface area is 118 Å². The first-order chi connectivity index (χ1) is 9.20. The minimum absolute atomic E-state index is 0.0212. The first-order valence-electron chi connectivity index (χ1n) is 6.74. The monoisotopic (exact) mass is 283 g/mol. The Morgan fingerprint density at radius 1 is 1.47 bits per heavy atom. The molecule has 3 atom stereocenters. The molecule has 3 unspecified atom stereocenters. The van der Waals surface area contributed by atoms with Crippen LogP contribution < -0.4 is 16.0 Å². The van der Waals surface area contributed by atoms with E-state index in [0.29, 0.717) is 23.8 Å². The fraction of sp³-hybridized carbons (Fsp3) is 0.692. The van der Waals surface area contributed by atoms with Crippen LogP contribution in [0.2, 0.25) is 0 Å². The van der Waals surface area contributed by atoms with E-state index in [-0.39, 0.29) is 6.03 Å². The van der Waals surface area contributed by atoms with E-state index in [2.05, 4.69) is 22.5 Å². The van der Waals surface area contributed by atoms with E-state index in [1.807, 2.05) is 11.8 Å². The number of urea groups is 1. The zero-order chi connectivity index (χ0) is 13.7. The number of hydrogen-bond acceptors (Lipinski definition) is 4. The lowest BCUT2D eigenvalue weighted by atomic mass is 10.0. The Kier molecular flexibility index (Phi) is 5.13. The third kappa shape index (κ3) is 3.89. The van der Waals surface area contributed by atoms with E-state index in [0.717, 1.165) is 43.5 Å². The number of allylic oxidation sites excluding steroid dienone is 1. The summed E-state index contributed by atoms with van der Waals surface area (Å²) in [6.07, 6.45) is 4.56. The van der Waals surface area contributed by atoms with Gasteiger partial charge in [0.2, 0.25) is 0 Å². The van der Waals surface area contributed by atoms with Gasteiger partial charge in [-0.15, -0.1) is 0 Å². The summed E-state index contributed by atoms with van der Waals surface area (Å²) in [6.45, 7) is 4.63. The maximum atomic E-state index is 11.2. The fourth-order valence-corrected chi connectivity index (χ4v) is 4.10. The first kappa shape index (κ1) is 14.2. The molecular weight excluding hydrogens is 262 g/mol. The Bertz CT molecular complexity index is 362. The second kappa shape index (κ2) is 6.84. The van der Waals surface area contributed by atoms with E-state index in [4.69, 9.17) is 0 Å². The van der Waals surface area contributed by atoms with Crippen molar-refractivity contribution in [2.75, 3.05) is 12.3 Å². The van der Waals surface area contributed by atoms with Crippen LogP contribution in [0, 0.1) is 0 Å². The SMILES string of the molecule is C=C(CC=O)NCCCCC1SCC2NC(=O)NC21. The molecule has 2 amide bonds. The molecule has 2 heterocycles. The van der Waals surface area contributed by atoms with Gasteiger partial charge in [-0.2, -0.15) is 11.8 Å². The minimum Gasteiger partial charge on any atom is -0.388 e. The number of thioether (sulfide) groups is 1. The molecule has 0 spiro atoms. The molecule has 2 saturated heterocycles. The summed E-state index contributed by atoms with van der Waals surface area (Å²) in [5.41, 5.74) is 0.789. The van der Waals surface area contributed by atoms with Gasteiger partial charge < -0.3 is 20.7 Å². The van der Waals surface area contributed by atoms with Crippen molar-refractivity contribution in [2.24, 2.45) is 0 Å². The number of rotatable bonds is 8. The van der Waals surface area contributed by atoms with Gasteiger partial charge in [0.05, 0.1) is 12.1 Å². The molecule has 0 aromatic heterocycles. The van der Waals surface area contributed by atoms with Crippen LogP contribution in [-0.4, -0.2) is 41.9 Å². The third-order valence-electron chi connectivity index (χ3n) is 3.56. The Hall–Kier alpha value is -1.17. The van der Waals surface area contributed by atoms with Crippen LogP contribution in [-0.2, 0) is 4.79 Å². The van der Waals surface area contributed by atoms with Crippen LogP contribution in [0.15, 0.2) is 12.3 Å². The second-order valence-corrected chi connectivity index (χ2v) is 6.29. The highest BCUT2D eigenvalue weighted by Gasteiger charge is 2.42. The molecule has 2 rings (SSSR count). The van der Waals surface area contributed by atoms with E-state index in [1.165, 1.54) is 0 Å². The summed E-state index contributed by atoms with van der Waals surface area (Å²) in [7, 11) is 0. The smallest absolute Gasteiger partial charge is 0.315 e. The van der Waals surface area contributed by atoms with Gasteiger partial charge in [0.25, 0.3) is 0 Å². The molecule has 0 aromatic carbocycles. The molecule has 6 heteroatoms. The molecule has 2 fully saturated rings. The number of unbranched alkanes of at least 4 members (excludes halogenated alkanes) is 1. The highest BCUT2D eigenvalue weighted by atomic mass is 32.2. The molecule has 5 nitrogen and oxygen atoms in total. The molecule has 106 valence electrons. The number of aldehydes is 1. The first-order valence-corrected chi connectivity index (χ1v) is 7.79. The van der Waals surface area contributed by atoms with Gasteiger partial charge in [-0.05, 0) is 12.8 Å². The van der Waals surface area contributed by atoms with Gasteiger partial charge in [-0.1, -0.05) is 13.0 Å². The lowest BCUT2D eigenvalue weighted by Crippen LogP contribution is -2.36. The quantitative estimate of drug-likeness (QED) is 0.353.